The van der Waals surface area contributed by atoms with Crippen LogP contribution in [-0.2, 0) is 10.6 Å². The molecular formula is C28H32F3N5OSi. The lowest BCUT2D eigenvalue weighted by Crippen LogP contribution is -2.50. The average Bonchev–Trinajstić information content (AvgIpc) is 3.31. The van der Waals surface area contributed by atoms with Gasteiger partial charge in [0.15, 0.2) is 8.32 Å². The number of nitrogens with zero attached hydrogens (tertiary/aromatic N) is 4. The Kier molecular flexibility index (Phi) is 8.20. The zero-order valence-electron chi connectivity index (χ0n) is 22.7. The molecule has 0 aromatic heterocycles. The molecule has 38 heavy (non-hydrogen) atoms. The maximum atomic E-state index is 13.9. The van der Waals surface area contributed by atoms with Crippen LogP contribution in [0, 0.1) is 29.6 Å². The zero-order valence-corrected chi connectivity index (χ0v) is 23.7. The standard InChI is InChI=1S/C28H32F3N5OSi/c1-17-22(13-12-21(16-33)25(17)28(29,30)31)34-26(18(2)37-38(6,7)27(3,4)5)24-14-23(35-36-24)20-10-8-19(15-32)9-11-20/h8-13,18,26,34H,14H2,1-7H3/t18-,26-/m1/s1. The summed E-state index contributed by atoms with van der Waals surface area (Å²) in [6.07, 6.45) is -4.74. The van der Waals surface area contributed by atoms with E-state index in [0.29, 0.717) is 23.4 Å². The van der Waals surface area contributed by atoms with Crippen LogP contribution in [0.3, 0.4) is 0 Å². The Balaban J connectivity index is 1.98. The summed E-state index contributed by atoms with van der Waals surface area (Å²) in [6.45, 7) is 13.8. The predicted molar refractivity (Wildman–Crippen MR) is 146 cm³/mol. The molecule has 2 aromatic rings. The number of rotatable bonds is 7. The van der Waals surface area contributed by atoms with Crippen molar-refractivity contribution in [3.8, 4) is 12.1 Å². The van der Waals surface area contributed by atoms with Crippen LogP contribution < -0.4 is 5.32 Å². The van der Waals surface area contributed by atoms with E-state index >= 15 is 0 Å². The molecule has 0 unspecified atom stereocenters. The fourth-order valence-electron chi connectivity index (χ4n) is 4.11. The van der Waals surface area contributed by atoms with Gasteiger partial charge in [0, 0.05) is 12.1 Å². The molecule has 1 aliphatic rings. The maximum Gasteiger partial charge on any atom is 0.418 e. The summed E-state index contributed by atoms with van der Waals surface area (Å²) in [7, 11) is -2.25. The Bertz CT molecular complexity index is 1340. The number of anilines is 1. The van der Waals surface area contributed by atoms with E-state index in [9.17, 15) is 18.4 Å². The van der Waals surface area contributed by atoms with Gasteiger partial charge in [-0.15, -0.1) is 0 Å². The molecule has 3 rings (SSSR count). The van der Waals surface area contributed by atoms with Crippen molar-refractivity contribution in [1.82, 2.24) is 0 Å². The second kappa shape index (κ2) is 10.7. The first kappa shape index (κ1) is 29.1. The first-order valence-corrected chi connectivity index (χ1v) is 15.2. The van der Waals surface area contributed by atoms with Gasteiger partial charge in [-0.05, 0) is 67.4 Å². The van der Waals surface area contributed by atoms with Crippen LogP contribution in [0.4, 0.5) is 18.9 Å². The van der Waals surface area contributed by atoms with Gasteiger partial charge in [0.2, 0.25) is 0 Å². The third-order valence-corrected chi connectivity index (χ3v) is 11.9. The van der Waals surface area contributed by atoms with Gasteiger partial charge in [-0.1, -0.05) is 32.9 Å². The Hall–Kier alpha value is -3.47. The number of halogens is 3. The molecule has 0 saturated heterocycles. The number of nitrogens with one attached hydrogen (secondary N) is 1. The monoisotopic (exact) mass is 539 g/mol. The number of benzene rings is 2. The highest BCUT2D eigenvalue weighted by molar-refractivity contribution is 6.74. The lowest BCUT2D eigenvalue weighted by molar-refractivity contribution is -0.138. The van der Waals surface area contributed by atoms with Gasteiger partial charge < -0.3 is 9.74 Å². The summed E-state index contributed by atoms with van der Waals surface area (Å²) in [4.78, 5) is 0. The minimum absolute atomic E-state index is 0.0621. The van der Waals surface area contributed by atoms with Crippen molar-refractivity contribution in [2.24, 2.45) is 10.2 Å². The molecule has 0 spiro atoms. The Morgan fingerprint density at radius 3 is 2.16 bits per heavy atom. The van der Waals surface area contributed by atoms with Crippen molar-refractivity contribution in [2.75, 3.05) is 5.32 Å². The van der Waals surface area contributed by atoms with Crippen molar-refractivity contribution in [3.05, 3.63) is 64.2 Å². The van der Waals surface area contributed by atoms with E-state index in [0.717, 1.165) is 5.56 Å². The molecule has 0 amide bonds. The fourth-order valence-corrected chi connectivity index (χ4v) is 5.53. The van der Waals surface area contributed by atoms with E-state index in [-0.39, 0.29) is 16.3 Å². The van der Waals surface area contributed by atoms with Crippen LogP contribution in [0.2, 0.25) is 18.1 Å². The number of hydrogen-bond donors (Lipinski definition) is 1. The van der Waals surface area contributed by atoms with Gasteiger partial charge in [-0.25, -0.2) is 0 Å². The van der Waals surface area contributed by atoms with Crippen LogP contribution in [0.5, 0.6) is 0 Å². The summed E-state index contributed by atoms with van der Waals surface area (Å²) in [5, 5.41) is 30.3. The minimum atomic E-state index is -4.68. The molecule has 2 aromatic carbocycles. The Morgan fingerprint density at radius 2 is 1.63 bits per heavy atom. The highest BCUT2D eigenvalue weighted by atomic mass is 28.4. The quantitative estimate of drug-likeness (QED) is 0.377. The van der Waals surface area contributed by atoms with Crippen LogP contribution in [0.1, 0.15) is 61.9 Å². The van der Waals surface area contributed by atoms with E-state index in [1.807, 2.05) is 6.92 Å². The van der Waals surface area contributed by atoms with Crippen molar-refractivity contribution in [2.45, 2.75) is 77.5 Å². The molecule has 1 N–H and O–H groups in total. The van der Waals surface area contributed by atoms with Gasteiger partial charge in [0.25, 0.3) is 0 Å². The molecule has 1 heterocycles. The van der Waals surface area contributed by atoms with Gasteiger partial charge in [-0.2, -0.15) is 33.9 Å². The summed E-state index contributed by atoms with van der Waals surface area (Å²) >= 11 is 0. The van der Waals surface area contributed by atoms with Crippen molar-refractivity contribution in [1.29, 1.82) is 10.5 Å². The lowest BCUT2D eigenvalue weighted by Gasteiger charge is -2.40. The zero-order chi connectivity index (χ0) is 28.5. The highest BCUT2D eigenvalue weighted by Gasteiger charge is 2.42. The molecule has 0 aliphatic carbocycles. The van der Waals surface area contributed by atoms with Crippen molar-refractivity contribution >= 4 is 25.4 Å². The summed E-state index contributed by atoms with van der Waals surface area (Å²) in [5.74, 6) is 0. The van der Waals surface area contributed by atoms with Gasteiger partial charge >= 0.3 is 6.18 Å². The van der Waals surface area contributed by atoms with Crippen molar-refractivity contribution < 1.29 is 17.6 Å². The van der Waals surface area contributed by atoms with E-state index in [2.05, 4.69) is 55.5 Å². The lowest BCUT2D eigenvalue weighted by atomic mass is 9.96. The number of nitriles is 2. The van der Waals surface area contributed by atoms with Crippen LogP contribution >= 0.6 is 0 Å². The molecular weight excluding hydrogens is 507 g/mol. The SMILES string of the molecule is Cc1c(N[C@@H](C2=NN=C(c3ccc(C#N)cc3)C2)[C@@H](C)O[Si](C)(C)C(C)(C)C)ccc(C#N)c1C(F)(F)F. The molecule has 0 saturated carbocycles. The molecule has 200 valence electrons. The molecule has 0 radical (unpaired) electrons. The maximum absolute atomic E-state index is 13.9. The first-order chi connectivity index (χ1) is 17.6. The van der Waals surface area contributed by atoms with Crippen LogP contribution in [-0.4, -0.2) is 31.9 Å². The Morgan fingerprint density at radius 1 is 1.00 bits per heavy atom. The van der Waals surface area contributed by atoms with Crippen molar-refractivity contribution in [3.63, 3.8) is 0 Å². The molecule has 1 aliphatic heterocycles. The molecule has 0 fully saturated rings. The van der Waals surface area contributed by atoms with Crippen LogP contribution in [0.15, 0.2) is 46.6 Å². The number of hydrogen-bond acceptors (Lipinski definition) is 6. The summed E-state index contributed by atoms with van der Waals surface area (Å²) in [6, 6.07) is 12.8. The second-order valence-corrected chi connectivity index (χ2v) is 15.7. The van der Waals surface area contributed by atoms with Crippen LogP contribution in [0.25, 0.3) is 0 Å². The normalized spacial score (nSPS) is 15.7. The smallest absolute Gasteiger partial charge is 0.412 e. The summed E-state index contributed by atoms with van der Waals surface area (Å²) in [5.41, 5.74) is 1.48. The fraction of sp³-hybridized carbons (Fsp3) is 0.429. The van der Waals surface area contributed by atoms with E-state index in [1.54, 1.807) is 30.3 Å². The molecule has 10 heteroatoms. The third-order valence-electron chi connectivity index (χ3n) is 7.29. The second-order valence-electron chi connectivity index (χ2n) is 11.0. The largest absolute Gasteiger partial charge is 0.418 e. The van der Waals surface area contributed by atoms with Gasteiger partial charge in [0.1, 0.15) is 0 Å². The average molecular weight is 540 g/mol. The van der Waals surface area contributed by atoms with E-state index in [4.69, 9.17) is 9.69 Å². The summed E-state index contributed by atoms with van der Waals surface area (Å²) < 4.78 is 48.2. The van der Waals surface area contributed by atoms with Gasteiger partial charge in [-0.3, -0.25) is 0 Å². The molecule has 0 bridgehead atoms. The number of alkyl halides is 3. The predicted octanol–water partition coefficient (Wildman–Crippen LogP) is 7.20. The van der Waals surface area contributed by atoms with Gasteiger partial charge in [0.05, 0.1) is 52.4 Å². The molecule has 2 atom stereocenters. The minimum Gasteiger partial charge on any atom is -0.412 e. The van der Waals surface area contributed by atoms with E-state index < -0.39 is 37.8 Å². The molecule has 6 nitrogen and oxygen atoms in total. The van der Waals surface area contributed by atoms with E-state index in [1.165, 1.54) is 19.1 Å². The Labute approximate surface area is 223 Å². The topological polar surface area (TPSA) is 93.6 Å². The third kappa shape index (κ3) is 6.15. The first-order valence-electron chi connectivity index (χ1n) is 12.3. The highest BCUT2D eigenvalue weighted by Crippen LogP contribution is 2.40.